The minimum atomic E-state index is 0.715. The Hall–Kier alpha value is -1.94. The Bertz CT molecular complexity index is 766. The maximum Gasteiger partial charge on any atom is 0.156 e. The summed E-state index contributed by atoms with van der Waals surface area (Å²) in [5, 5.41) is 0. The number of benzene rings is 1. The van der Waals surface area contributed by atoms with Gasteiger partial charge in [0.25, 0.3) is 0 Å². The molecule has 2 heterocycles. The minimum Gasteiger partial charge on any atom is -0.455 e. The van der Waals surface area contributed by atoms with Gasteiger partial charge in [-0.15, -0.1) is 0 Å². The number of aromatic nitrogens is 2. The van der Waals surface area contributed by atoms with Gasteiger partial charge in [0.15, 0.2) is 5.75 Å². The number of aryl methyl sites for hydroxylation is 2. The van der Waals surface area contributed by atoms with Crippen molar-refractivity contribution in [2.75, 3.05) is 0 Å². The normalized spacial score (nSPS) is 10.8. The van der Waals surface area contributed by atoms with Gasteiger partial charge >= 0.3 is 0 Å². The van der Waals surface area contributed by atoms with Crippen molar-refractivity contribution < 1.29 is 4.74 Å². The molecule has 0 aliphatic carbocycles. The predicted octanol–water partition coefficient (Wildman–Crippen LogP) is 4.80. The molecular formula is C16H13BrN2O. The van der Waals surface area contributed by atoms with Crippen molar-refractivity contribution in [3.63, 3.8) is 0 Å². The topological polar surface area (TPSA) is 35.0 Å². The fourth-order valence-electron chi connectivity index (χ4n) is 2.18. The monoisotopic (exact) mass is 328 g/mol. The lowest BCUT2D eigenvalue weighted by Crippen LogP contribution is -1.91. The zero-order valence-corrected chi connectivity index (χ0v) is 12.8. The van der Waals surface area contributed by atoms with Gasteiger partial charge in [-0.05, 0) is 59.1 Å². The van der Waals surface area contributed by atoms with E-state index in [0.29, 0.717) is 5.75 Å². The van der Waals surface area contributed by atoms with Gasteiger partial charge in [-0.3, -0.25) is 4.98 Å². The summed E-state index contributed by atoms with van der Waals surface area (Å²) in [4.78, 5) is 8.69. The third-order valence-corrected chi connectivity index (χ3v) is 3.36. The lowest BCUT2D eigenvalue weighted by Gasteiger charge is -2.09. The largest absolute Gasteiger partial charge is 0.455 e. The molecule has 0 radical (unpaired) electrons. The third kappa shape index (κ3) is 2.65. The highest BCUT2D eigenvalue weighted by Crippen LogP contribution is 2.29. The van der Waals surface area contributed by atoms with Crippen LogP contribution in [0, 0.1) is 13.8 Å². The molecule has 3 rings (SSSR count). The Labute approximate surface area is 125 Å². The van der Waals surface area contributed by atoms with Crippen molar-refractivity contribution in [2.45, 2.75) is 13.8 Å². The first-order valence-corrected chi connectivity index (χ1v) is 7.07. The molecule has 0 N–H and O–H groups in total. The third-order valence-electron chi connectivity index (χ3n) is 2.93. The second kappa shape index (κ2) is 5.21. The molecule has 0 unspecified atom stereocenters. The minimum absolute atomic E-state index is 0.715. The van der Waals surface area contributed by atoms with Crippen LogP contribution >= 0.6 is 15.9 Å². The van der Waals surface area contributed by atoms with E-state index in [-0.39, 0.29) is 0 Å². The van der Waals surface area contributed by atoms with Gasteiger partial charge in [0, 0.05) is 22.9 Å². The summed E-state index contributed by atoms with van der Waals surface area (Å²) < 4.78 is 6.88. The van der Waals surface area contributed by atoms with E-state index in [2.05, 4.69) is 45.8 Å². The molecule has 0 saturated heterocycles. The maximum absolute atomic E-state index is 5.98. The van der Waals surface area contributed by atoms with Crippen molar-refractivity contribution in [1.29, 1.82) is 0 Å². The number of hydrogen-bond donors (Lipinski definition) is 0. The first-order valence-electron chi connectivity index (χ1n) is 6.28. The fraction of sp³-hybridized carbons (Fsp3) is 0.125. The van der Waals surface area contributed by atoms with Crippen molar-refractivity contribution in [2.24, 2.45) is 0 Å². The summed E-state index contributed by atoms with van der Waals surface area (Å²) in [7, 11) is 0. The number of rotatable bonds is 2. The molecule has 0 fully saturated rings. The van der Waals surface area contributed by atoms with E-state index in [4.69, 9.17) is 4.74 Å². The Morgan fingerprint density at radius 3 is 2.50 bits per heavy atom. The van der Waals surface area contributed by atoms with Crippen molar-refractivity contribution >= 4 is 27.0 Å². The molecule has 0 amide bonds. The molecule has 1 aromatic carbocycles. The van der Waals surface area contributed by atoms with Crippen molar-refractivity contribution in [3.8, 4) is 11.5 Å². The quantitative estimate of drug-likeness (QED) is 0.677. The smallest absolute Gasteiger partial charge is 0.156 e. The van der Waals surface area contributed by atoms with Gasteiger partial charge in [0.05, 0.1) is 5.52 Å². The Morgan fingerprint density at radius 1 is 1.00 bits per heavy atom. The molecule has 0 atom stereocenters. The van der Waals surface area contributed by atoms with Crippen LogP contribution in [0.1, 0.15) is 11.1 Å². The number of fused-ring (bicyclic) bond motifs is 1. The van der Waals surface area contributed by atoms with Crippen LogP contribution in [0.3, 0.4) is 0 Å². The van der Waals surface area contributed by atoms with E-state index in [0.717, 1.165) is 21.3 Å². The average Bonchev–Trinajstić information content (AvgIpc) is 2.37. The molecule has 0 saturated carbocycles. The molecule has 0 bridgehead atoms. The van der Waals surface area contributed by atoms with E-state index in [9.17, 15) is 0 Å². The van der Waals surface area contributed by atoms with Crippen LogP contribution < -0.4 is 4.74 Å². The molecular weight excluding hydrogens is 316 g/mol. The highest BCUT2D eigenvalue weighted by molar-refractivity contribution is 9.10. The molecule has 0 aliphatic rings. The van der Waals surface area contributed by atoms with Crippen LogP contribution in [0.25, 0.3) is 11.0 Å². The number of nitrogens with zero attached hydrogens (tertiary/aromatic N) is 2. The van der Waals surface area contributed by atoms with Gasteiger partial charge in [-0.2, -0.15) is 0 Å². The molecule has 0 aliphatic heterocycles. The maximum atomic E-state index is 5.98. The zero-order chi connectivity index (χ0) is 14.1. The van der Waals surface area contributed by atoms with E-state index < -0.39 is 0 Å². The lowest BCUT2D eigenvalue weighted by atomic mass is 10.1. The summed E-state index contributed by atoms with van der Waals surface area (Å²) in [5.41, 5.74) is 3.92. The van der Waals surface area contributed by atoms with Crippen LogP contribution in [0.5, 0.6) is 11.5 Å². The van der Waals surface area contributed by atoms with Gasteiger partial charge in [0.1, 0.15) is 11.3 Å². The predicted molar refractivity (Wildman–Crippen MR) is 83.2 cm³/mol. The van der Waals surface area contributed by atoms with Crippen LogP contribution in [0.4, 0.5) is 0 Å². The van der Waals surface area contributed by atoms with E-state index in [1.165, 1.54) is 11.1 Å². The van der Waals surface area contributed by atoms with Gasteiger partial charge in [-0.1, -0.05) is 6.07 Å². The van der Waals surface area contributed by atoms with Crippen LogP contribution in [-0.4, -0.2) is 9.97 Å². The van der Waals surface area contributed by atoms with Gasteiger partial charge in [0.2, 0.25) is 0 Å². The molecule has 20 heavy (non-hydrogen) atoms. The number of ether oxygens (including phenoxy) is 1. The number of halogens is 1. The molecule has 2 aromatic heterocycles. The van der Waals surface area contributed by atoms with Crippen LogP contribution in [0.2, 0.25) is 0 Å². The SMILES string of the molecule is Cc1cc(C)cc(Oc2ccnc3cc(Br)cnc23)c1. The molecule has 3 nitrogen and oxygen atoms in total. The molecule has 3 aromatic rings. The number of pyridine rings is 2. The summed E-state index contributed by atoms with van der Waals surface area (Å²) in [6.07, 6.45) is 3.48. The summed E-state index contributed by atoms with van der Waals surface area (Å²) >= 11 is 3.40. The first-order chi connectivity index (χ1) is 9.61. The molecule has 100 valence electrons. The Morgan fingerprint density at radius 2 is 1.75 bits per heavy atom. The summed E-state index contributed by atoms with van der Waals surface area (Å²) in [5.74, 6) is 1.53. The summed E-state index contributed by atoms with van der Waals surface area (Å²) in [6, 6.07) is 9.90. The van der Waals surface area contributed by atoms with Crippen molar-refractivity contribution in [3.05, 3.63) is 58.3 Å². The fourth-order valence-corrected chi connectivity index (χ4v) is 2.50. The Kier molecular flexibility index (Phi) is 3.40. The second-order valence-electron chi connectivity index (χ2n) is 4.76. The van der Waals surface area contributed by atoms with Crippen LogP contribution in [0.15, 0.2) is 47.2 Å². The highest BCUT2D eigenvalue weighted by Gasteiger charge is 2.07. The van der Waals surface area contributed by atoms with E-state index >= 15 is 0 Å². The highest BCUT2D eigenvalue weighted by atomic mass is 79.9. The van der Waals surface area contributed by atoms with E-state index in [1.807, 2.05) is 24.3 Å². The standard InChI is InChI=1S/C16H13BrN2O/c1-10-5-11(2)7-13(6-10)20-15-3-4-18-14-8-12(17)9-19-16(14)15/h3-9H,1-2H3. The summed E-state index contributed by atoms with van der Waals surface area (Å²) in [6.45, 7) is 4.11. The number of hydrogen-bond acceptors (Lipinski definition) is 3. The first kappa shape index (κ1) is 13.1. The van der Waals surface area contributed by atoms with Crippen LogP contribution in [-0.2, 0) is 0 Å². The average molecular weight is 329 g/mol. The van der Waals surface area contributed by atoms with Gasteiger partial charge in [-0.25, -0.2) is 4.98 Å². The second-order valence-corrected chi connectivity index (χ2v) is 5.67. The zero-order valence-electron chi connectivity index (χ0n) is 11.2. The Balaban J connectivity index is 2.06. The van der Waals surface area contributed by atoms with Gasteiger partial charge < -0.3 is 4.74 Å². The molecule has 0 spiro atoms. The lowest BCUT2D eigenvalue weighted by molar-refractivity contribution is 0.486. The molecule has 4 heteroatoms. The van der Waals surface area contributed by atoms with Crippen molar-refractivity contribution in [1.82, 2.24) is 9.97 Å². The van der Waals surface area contributed by atoms with E-state index in [1.54, 1.807) is 12.4 Å².